The molecule has 0 aromatic carbocycles. The van der Waals surface area contributed by atoms with Gasteiger partial charge in [-0.15, -0.1) is 11.3 Å². The molecule has 0 radical (unpaired) electrons. The van der Waals surface area contributed by atoms with Gasteiger partial charge in [-0.3, -0.25) is 9.59 Å². The summed E-state index contributed by atoms with van der Waals surface area (Å²) in [6.07, 6.45) is 14.3. The van der Waals surface area contributed by atoms with Crippen molar-refractivity contribution in [2.45, 2.75) is 97.3 Å². The molecule has 3 N–H and O–H groups in total. The van der Waals surface area contributed by atoms with Gasteiger partial charge in [-0.05, 0) is 37.2 Å². The first-order chi connectivity index (χ1) is 13.1. The lowest BCUT2D eigenvalue weighted by Crippen LogP contribution is -2.19. The van der Waals surface area contributed by atoms with Crippen LogP contribution in [0.15, 0.2) is 0 Å². The van der Waals surface area contributed by atoms with Gasteiger partial charge in [0.1, 0.15) is 5.00 Å². The van der Waals surface area contributed by atoms with E-state index in [1.54, 1.807) is 11.3 Å². The van der Waals surface area contributed by atoms with E-state index in [0.717, 1.165) is 37.7 Å². The number of primary amides is 1. The maximum absolute atomic E-state index is 12.3. The maximum Gasteiger partial charge on any atom is 0.251 e. The number of hydrogen-bond donors (Lipinski definition) is 2. The Morgan fingerprint density at radius 1 is 1.07 bits per heavy atom. The minimum absolute atomic E-state index is 0.00904. The van der Waals surface area contributed by atoms with Crippen molar-refractivity contribution >= 4 is 28.2 Å². The summed E-state index contributed by atoms with van der Waals surface area (Å²) in [5.74, 6) is 0.292. The number of nitrogens with one attached hydrogen (secondary N) is 1. The van der Waals surface area contributed by atoms with E-state index in [-0.39, 0.29) is 5.91 Å². The van der Waals surface area contributed by atoms with Gasteiger partial charge in [0.05, 0.1) is 5.56 Å². The minimum atomic E-state index is -0.410. The standard InChI is InChI=1S/C22H36N2O2S/c1-3-5-6-7-8-9-10-12-19(25)24-22-20(21(23)26)17-14-13-16(11-4-2)15-18(17)27-22/h16H,3-15H2,1-2H3,(H2,23,26)(H,24,25). The van der Waals surface area contributed by atoms with Crippen LogP contribution < -0.4 is 11.1 Å². The molecule has 1 unspecified atom stereocenters. The summed E-state index contributed by atoms with van der Waals surface area (Å²) >= 11 is 1.57. The van der Waals surface area contributed by atoms with Gasteiger partial charge in [-0.2, -0.15) is 0 Å². The van der Waals surface area contributed by atoms with Crippen LogP contribution in [0.3, 0.4) is 0 Å². The molecule has 0 aliphatic heterocycles. The van der Waals surface area contributed by atoms with Crippen LogP contribution in [0.1, 0.15) is 105 Å². The molecule has 2 rings (SSSR count). The second kappa shape index (κ2) is 11.5. The molecule has 1 atom stereocenters. The summed E-state index contributed by atoms with van der Waals surface area (Å²) in [7, 11) is 0. The molecule has 1 aliphatic carbocycles. The van der Waals surface area contributed by atoms with E-state index >= 15 is 0 Å². The van der Waals surface area contributed by atoms with Gasteiger partial charge < -0.3 is 11.1 Å². The van der Waals surface area contributed by atoms with E-state index in [1.165, 1.54) is 49.8 Å². The number of carbonyl (C=O) groups excluding carboxylic acids is 2. The van der Waals surface area contributed by atoms with Crippen LogP contribution in [-0.4, -0.2) is 11.8 Å². The number of anilines is 1. The number of thiophene rings is 1. The molecular weight excluding hydrogens is 356 g/mol. The van der Waals surface area contributed by atoms with Crippen LogP contribution in [-0.2, 0) is 17.6 Å². The quantitative estimate of drug-likeness (QED) is 0.439. The summed E-state index contributed by atoms with van der Waals surface area (Å²) in [5.41, 5.74) is 7.30. The SMILES string of the molecule is CCCCCCCCCC(=O)Nc1sc2c(c1C(N)=O)CCC(CCC)C2. The van der Waals surface area contributed by atoms with E-state index in [2.05, 4.69) is 19.2 Å². The topological polar surface area (TPSA) is 72.2 Å². The van der Waals surface area contributed by atoms with Crippen LogP contribution in [0.5, 0.6) is 0 Å². The van der Waals surface area contributed by atoms with Gasteiger partial charge in [-0.1, -0.05) is 65.2 Å². The summed E-state index contributed by atoms with van der Waals surface area (Å²) in [4.78, 5) is 25.6. The van der Waals surface area contributed by atoms with Gasteiger partial charge in [0.15, 0.2) is 0 Å². The second-order valence-electron chi connectivity index (χ2n) is 7.89. The Balaban J connectivity index is 1.88. The number of rotatable bonds is 12. The van der Waals surface area contributed by atoms with Crippen molar-refractivity contribution < 1.29 is 9.59 Å². The van der Waals surface area contributed by atoms with Crippen molar-refractivity contribution in [3.05, 3.63) is 16.0 Å². The Labute approximate surface area is 168 Å². The molecule has 0 fully saturated rings. The Kier molecular flexibility index (Phi) is 9.32. The third kappa shape index (κ3) is 6.63. The maximum atomic E-state index is 12.3. The molecule has 152 valence electrons. The highest BCUT2D eigenvalue weighted by molar-refractivity contribution is 7.17. The zero-order valence-electron chi connectivity index (χ0n) is 17.1. The number of amides is 2. The molecule has 5 heteroatoms. The lowest BCUT2D eigenvalue weighted by Gasteiger charge is -2.21. The van der Waals surface area contributed by atoms with Crippen LogP contribution in [0, 0.1) is 5.92 Å². The van der Waals surface area contributed by atoms with Gasteiger partial charge >= 0.3 is 0 Å². The molecule has 0 saturated carbocycles. The fraction of sp³-hybridized carbons (Fsp3) is 0.727. The van der Waals surface area contributed by atoms with E-state index in [4.69, 9.17) is 5.73 Å². The lowest BCUT2D eigenvalue weighted by atomic mass is 9.84. The van der Waals surface area contributed by atoms with Crippen LogP contribution >= 0.6 is 11.3 Å². The van der Waals surface area contributed by atoms with E-state index < -0.39 is 5.91 Å². The summed E-state index contributed by atoms with van der Waals surface area (Å²) < 4.78 is 0. The van der Waals surface area contributed by atoms with Crippen molar-refractivity contribution in [2.24, 2.45) is 11.7 Å². The predicted molar refractivity (Wildman–Crippen MR) is 114 cm³/mol. The molecule has 1 aromatic rings. The van der Waals surface area contributed by atoms with E-state index in [1.807, 2.05) is 0 Å². The monoisotopic (exact) mass is 392 g/mol. The average molecular weight is 393 g/mol. The zero-order chi connectivity index (χ0) is 19.6. The van der Waals surface area contributed by atoms with Gasteiger partial charge in [0, 0.05) is 11.3 Å². The van der Waals surface area contributed by atoms with Crippen molar-refractivity contribution in [3.63, 3.8) is 0 Å². The molecule has 0 bridgehead atoms. The van der Waals surface area contributed by atoms with Crippen LogP contribution in [0.4, 0.5) is 5.00 Å². The zero-order valence-corrected chi connectivity index (χ0v) is 17.9. The first kappa shape index (κ1) is 21.9. The van der Waals surface area contributed by atoms with Gasteiger partial charge in [0.2, 0.25) is 5.91 Å². The fourth-order valence-corrected chi connectivity index (χ4v) is 5.47. The molecule has 0 spiro atoms. The predicted octanol–water partition coefficient (Wildman–Crippen LogP) is 5.83. The summed E-state index contributed by atoms with van der Waals surface area (Å²) in [5, 5.41) is 3.66. The smallest absolute Gasteiger partial charge is 0.251 e. The Bertz CT molecular complexity index is 624. The third-order valence-electron chi connectivity index (χ3n) is 5.57. The highest BCUT2D eigenvalue weighted by atomic mass is 32.1. The van der Waals surface area contributed by atoms with Gasteiger partial charge in [-0.25, -0.2) is 0 Å². The molecule has 0 saturated heterocycles. The van der Waals surface area contributed by atoms with Crippen molar-refractivity contribution in [1.29, 1.82) is 0 Å². The molecule has 1 aliphatic rings. The number of fused-ring (bicyclic) bond motifs is 1. The molecule has 2 amide bonds. The molecular formula is C22H36N2O2S. The second-order valence-corrected chi connectivity index (χ2v) is 8.99. The Morgan fingerprint density at radius 2 is 1.78 bits per heavy atom. The Hall–Kier alpha value is -1.36. The largest absolute Gasteiger partial charge is 0.365 e. The first-order valence-electron chi connectivity index (χ1n) is 10.8. The minimum Gasteiger partial charge on any atom is -0.365 e. The number of nitrogens with two attached hydrogens (primary N) is 1. The highest BCUT2D eigenvalue weighted by Crippen LogP contribution is 2.40. The average Bonchev–Trinajstić information content (AvgIpc) is 2.98. The number of hydrogen-bond acceptors (Lipinski definition) is 3. The third-order valence-corrected chi connectivity index (χ3v) is 6.74. The van der Waals surface area contributed by atoms with Crippen molar-refractivity contribution in [1.82, 2.24) is 0 Å². The normalized spacial score (nSPS) is 16.1. The van der Waals surface area contributed by atoms with Crippen molar-refractivity contribution in [3.8, 4) is 0 Å². The van der Waals surface area contributed by atoms with Crippen LogP contribution in [0.2, 0.25) is 0 Å². The first-order valence-corrected chi connectivity index (χ1v) is 11.6. The number of unbranched alkanes of at least 4 members (excludes halogenated alkanes) is 6. The van der Waals surface area contributed by atoms with Crippen molar-refractivity contribution in [2.75, 3.05) is 5.32 Å². The molecule has 4 nitrogen and oxygen atoms in total. The summed E-state index contributed by atoms with van der Waals surface area (Å²) in [6.45, 7) is 4.44. The van der Waals surface area contributed by atoms with Crippen LogP contribution in [0.25, 0.3) is 0 Å². The van der Waals surface area contributed by atoms with E-state index in [9.17, 15) is 9.59 Å². The summed E-state index contributed by atoms with van der Waals surface area (Å²) in [6, 6.07) is 0. The molecule has 27 heavy (non-hydrogen) atoms. The highest BCUT2D eigenvalue weighted by Gasteiger charge is 2.28. The van der Waals surface area contributed by atoms with Gasteiger partial charge in [0.25, 0.3) is 5.91 Å². The Morgan fingerprint density at radius 3 is 2.44 bits per heavy atom. The molecule has 1 heterocycles. The fourth-order valence-electron chi connectivity index (χ4n) is 4.09. The van der Waals surface area contributed by atoms with E-state index in [0.29, 0.717) is 22.9 Å². The lowest BCUT2D eigenvalue weighted by molar-refractivity contribution is -0.116. The molecule has 1 aromatic heterocycles. The number of carbonyl (C=O) groups is 2.